The number of hydrogen-bond donors (Lipinski definition) is 1. The second-order valence-corrected chi connectivity index (χ2v) is 9.37. The van der Waals surface area contributed by atoms with Crippen LogP contribution in [0.15, 0.2) is 71.5 Å². The van der Waals surface area contributed by atoms with Crippen molar-refractivity contribution in [2.75, 3.05) is 12.0 Å². The average Bonchev–Trinajstić information content (AvgIpc) is 3.54. The number of hydrogen-bond acceptors (Lipinski definition) is 6. The first-order chi connectivity index (χ1) is 17.9. The Balaban J connectivity index is 1.64. The maximum atomic E-state index is 14.4. The number of amides is 1. The zero-order valence-electron chi connectivity index (χ0n) is 21.3. The molecule has 0 bridgehead atoms. The number of fused-ring (bicyclic) bond motifs is 1. The predicted molar refractivity (Wildman–Crippen MR) is 141 cm³/mol. The Morgan fingerprint density at radius 1 is 1.11 bits per heavy atom. The van der Waals surface area contributed by atoms with Gasteiger partial charge in [-0.2, -0.15) is 5.10 Å². The van der Waals surface area contributed by atoms with E-state index in [1.807, 2.05) is 74.7 Å². The largest absolute Gasteiger partial charge is 0.497 e. The van der Waals surface area contributed by atoms with Crippen molar-refractivity contribution in [3.8, 4) is 5.75 Å². The second kappa shape index (κ2) is 10.1. The molecule has 4 aromatic rings. The number of oxazole rings is 1. The Labute approximate surface area is 215 Å². The van der Waals surface area contributed by atoms with Gasteiger partial charge in [-0.15, -0.1) is 0 Å². The number of anilines is 1. The lowest BCUT2D eigenvalue weighted by molar-refractivity contribution is -0.119. The molecule has 0 saturated heterocycles. The molecule has 0 radical (unpaired) electrons. The molecule has 1 aliphatic heterocycles. The quantitative estimate of drug-likeness (QED) is 0.385. The van der Waals surface area contributed by atoms with Gasteiger partial charge in [0.05, 0.1) is 49.8 Å². The molecule has 3 atom stereocenters. The third kappa shape index (κ3) is 4.80. The summed E-state index contributed by atoms with van der Waals surface area (Å²) in [6.07, 6.45) is 6.55. The van der Waals surface area contributed by atoms with E-state index in [4.69, 9.17) is 9.15 Å². The lowest BCUT2D eigenvalue weighted by atomic mass is 9.91. The van der Waals surface area contributed by atoms with Crippen molar-refractivity contribution in [1.82, 2.24) is 14.8 Å². The smallest absolute Gasteiger partial charge is 0.239 e. The van der Waals surface area contributed by atoms with Crippen LogP contribution in [0.25, 0.3) is 11.6 Å². The van der Waals surface area contributed by atoms with Crippen LogP contribution in [0.1, 0.15) is 54.1 Å². The van der Waals surface area contributed by atoms with Gasteiger partial charge in [-0.1, -0.05) is 30.3 Å². The number of rotatable bonds is 7. The zero-order valence-corrected chi connectivity index (χ0v) is 21.3. The summed E-state index contributed by atoms with van der Waals surface area (Å²) >= 11 is 0. The number of ether oxygens (including phenoxy) is 1. The van der Waals surface area contributed by atoms with E-state index in [9.17, 15) is 9.90 Å². The molecule has 2 aromatic carbocycles. The number of aliphatic hydroxyl groups excluding tert-OH is 1. The molecule has 0 fully saturated rings. The van der Waals surface area contributed by atoms with Crippen molar-refractivity contribution in [3.63, 3.8) is 0 Å². The van der Waals surface area contributed by atoms with Gasteiger partial charge in [0.2, 0.25) is 11.8 Å². The first-order valence-corrected chi connectivity index (χ1v) is 12.3. The number of benzene rings is 2. The van der Waals surface area contributed by atoms with Crippen LogP contribution >= 0.6 is 0 Å². The van der Waals surface area contributed by atoms with E-state index in [2.05, 4.69) is 10.1 Å². The molecule has 0 aliphatic carbocycles. The van der Waals surface area contributed by atoms with Gasteiger partial charge in [-0.05, 0) is 56.2 Å². The van der Waals surface area contributed by atoms with Crippen LogP contribution in [0.2, 0.25) is 0 Å². The number of nitrogens with zero attached hydrogens (tertiary/aromatic N) is 4. The summed E-state index contributed by atoms with van der Waals surface area (Å²) in [5.41, 5.74) is 4.02. The third-order valence-electron chi connectivity index (χ3n) is 6.80. The molecule has 3 heterocycles. The molecule has 8 heteroatoms. The van der Waals surface area contributed by atoms with Gasteiger partial charge in [0, 0.05) is 17.3 Å². The highest BCUT2D eigenvalue weighted by Gasteiger charge is 2.37. The summed E-state index contributed by atoms with van der Waals surface area (Å²) in [4.78, 5) is 20.7. The molecule has 0 saturated carbocycles. The molecule has 3 unspecified atom stereocenters. The number of methoxy groups -OCH3 is 1. The lowest BCUT2D eigenvalue weighted by Crippen LogP contribution is -2.34. The molecule has 1 amide bonds. The van der Waals surface area contributed by atoms with Crippen molar-refractivity contribution >= 4 is 23.2 Å². The van der Waals surface area contributed by atoms with Crippen LogP contribution in [0, 0.1) is 6.92 Å². The van der Waals surface area contributed by atoms with Gasteiger partial charge in [0.25, 0.3) is 0 Å². The second-order valence-electron chi connectivity index (χ2n) is 9.37. The zero-order chi connectivity index (χ0) is 26.1. The van der Waals surface area contributed by atoms with Crippen molar-refractivity contribution < 1.29 is 19.1 Å². The fourth-order valence-corrected chi connectivity index (χ4v) is 4.53. The summed E-state index contributed by atoms with van der Waals surface area (Å²) in [5.74, 6) is 0.985. The van der Waals surface area contributed by atoms with Gasteiger partial charge in [0.15, 0.2) is 0 Å². The molecular formula is C29H30N4O4. The molecule has 190 valence electrons. The molecule has 0 spiro atoms. The Morgan fingerprint density at radius 3 is 2.54 bits per heavy atom. The Hall–Kier alpha value is -4.17. The Kier molecular flexibility index (Phi) is 6.67. The molecule has 1 N–H and O–H groups in total. The Morgan fingerprint density at radius 2 is 1.86 bits per heavy atom. The van der Waals surface area contributed by atoms with Crippen molar-refractivity contribution in [1.29, 1.82) is 0 Å². The fraction of sp³-hybridized carbons (Fsp3) is 0.276. The standard InChI is InChI=1S/C29H30N4O4/c1-18-14-30-28(37-18)25-13-22-7-5-6-8-26(22)32(16-21-9-11-24(36-4)12-10-21)29(35)27(25)23-15-31-33(17-23)19(2)20(3)34/h5-15,17,19-20,27,34H,16H2,1-4H3. The normalized spacial score (nSPS) is 17.1. The van der Waals surface area contributed by atoms with Gasteiger partial charge in [-0.3, -0.25) is 9.48 Å². The molecule has 8 nitrogen and oxygen atoms in total. The number of carbonyl (C=O) groups excluding carboxylic acids is 1. The van der Waals surface area contributed by atoms with Gasteiger partial charge < -0.3 is 19.2 Å². The summed E-state index contributed by atoms with van der Waals surface area (Å²) in [5, 5.41) is 14.6. The van der Waals surface area contributed by atoms with Crippen LogP contribution in [0.3, 0.4) is 0 Å². The number of aryl methyl sites for hydroxylation is 1. The van der Waals surface area contributed by atoms with Crippen molar-refractivity contribution in [2.45, 2.75) is 45.4 Å². The summed E-state index contributed by atoms with van der Waals surface area (Å²) in [6.45, 7) is 5.81. The monoisotopic (exact) mass is 498 g/mol. The van der Waals surface area contributed by atoms with Crippen LogP contribution in [0.4, 0.5) is 5.69 Å². The summed E-state index contributed by atoms with van der Waals surface area (Å²) in [6, 6.07) is 15.3. The van der Waals surface area contributed by atoms with Crippen LogP contribution in [-0.2, 0) is 11.3 Å². The van der Waals surface area contributed by atoms with Crippen molar-refractivity contribution in [3.05, 3.63) is 95.5 Å². The molecule has 37 heavy (non-hydrogen) atoms. The van der Waals surface area contributed by atoms with E-state index in [0.29, 0.717) is 29.3 Å². The predicted octanol–water partition coefficient (Wildman–Crippen LogP) is 5.00. The molecule has 5 rings (SSSR count). The first kappa shape index (κ1) is 24.5. The highest BCUT2D eigenvalue weighted by atomic mass is 16.5. The first-order valence-electron chi connectivity index (χ1n) is 12.3. The van der Waals surface area contributed by atoms with E-state index in [0.717, 1.165) is 22.6 Å². The SMILES string of the molecule is COc1ccc(CN2C(=O)C(c3cnn(C(C)C(C)O)c3)C(c3ncc(C)o3)=Cc3ccccc32)cc1. The number of para-hydroxylation sites is 1. The molecular weight excluding hydrogens is 468 g/mol. The number of aliphatic hydroxyl groups is 1. The third-order valence-corrected chi connectivity index (χ3v) is 6.80. The number of aromatic nitrogens is 3. The van der Waals surface area contributed by atoms with Gasteiger partial charge in [0.1, 0.15) is 11.5 Å². The van der Waals surface area contributed by atoms with E-state index < -0.39 is 12.0 Å². The van der Waals surface area contributed by atoms with Gasteiger partial charge in [-0.25, -0.2) is 4.98 Å². The lowest BCUT2D eigenvalue weighted by Gasteiger charge is -2.27. The minimum atomic E-state index is -0.710. The fourth-order valence-electron chi connectivity index (χ4n) is 4.53. The maximum absolute atomic E-state index is 14.4. The minimum absolute atomic E-state index is 0.118. The van der Waals surface area contributed by atoms with E-state index >= 15 is 0 Å². The minimum Gasteiger partial charge on any atom is -0.497 e. The topological polar surface area (TPSA) is 93.6 Å². The van der Waals surface area contributed by atoms with E-state index in [1.165, 1.54) is 0 Å². The van der Waals surface area contributed by atoms with E-state index in [-0.39, 0.29) is 11.9 Å². The molecule has 2 aromatic heterocycles. The summed E-state index contributed by atoms with van der Waals surface area (Å²) < 4.78 is 12.9. The Bertz CT molecular complexity index is 1430. The highest BCUT2D eigenvalue weighted by Crippen LogP contribution is 2.41. The van der Waals surface area contributed by atoms with Crippen LogP contribution in [0.5, 0.6) is 5.75 Å². The molecule has 1 aliphatic rings. The average molecular weight is 499 g/mol. The van der Waals surface area contributed by atoms with Crippen molar-refractivity contribution in [2.24, 2.45) is 0 Å². The maximum Gasteiger partial charge on any atom is 0.239 e. The van der Waals surface area contributed by atoms with E-state index in [1.54, 1.807) is 36.0 Å². The van der Waals surface area contributed by atoms with Crippen LogP contribution in [-0.4, -0.2) is 39.0 Å². The summed E-state index contributed by atoms with van der Waals surface area (Å²) in [7, 11) is 1.63. The number of carbonyl (C=O) groups is 1. The van der Waals surface area contributed by atoms with Gasteiger partial charge >= 0.3 is 0 Å². The van der Waals surface area contributed by atoms with Crippen LogP contribution < -0.4 is 9.64 Å². The highest BCUT2D eigenvalue weighted by molar-refractivity contribution is 6.11.